The third-order valence-electron chi connectivity index (χ3n) is 2.99. The highest BCUT2D eigenvalue weighted by atomic mass is 16.3. The Morgan fingerprint density at radius 3 is 2.75 bits per heavy atom. The molecule has 0 aliphatic heterocycles. The molecule has 0 atom stereocenters. The molecule has 1 heterocycles. The fraction of sp³-hybridized carbons (Fsp3) is 0.357. The summed E-state index contributed by atoms with van der Waals surface area (Å²) < 4.78 is 1.58. The van der Waals surface area contributed by atoms with Crippen LogP contribution in [0.5, 0.6) is 0 Å². The third-order valence-corrected chi connectivity index (χ3v) is 2.99. The van der Waals surface area contributed by atoms with E-state index in [1.807, 2.05) is 37.3 Å². The van der Waals surface area contributed by atoms with E-state index in [9.17, 15) is 4.79 Å². The highest BCUT2D eigenvalue weighted by molar-refractivity contribution is 5.92. The molecule has 2 rings (SSSR count). The number of hydrogen-bond donors (Lipinski definition) is 1. The molecular weight excluding hydrogens is 256 g/mol. The lowest BCUT2D eigenvalue weighted by Crippen LogP contribution is -2.32. The zero-order valence-electron chi connectivity index (χ0n) is 11.4. The summed E-state index contributed by atoms with van der Waals surface area (Å²) in [4.78, 5) is 13.9. The van der Waals surface area contributed by atoms with E-state index in [0.29, 0.717) is 25.2 Å². The molecule has 0 radical (unpaired) electrons. The molecule has 0 fully saturated rings. The number of rotatable bonds is 6. The summed E-state index contributed by atoms with van der Waals surface area (Å²) in [6, 6.07) is 9.51. The second kappa shape index (κ2) is 6.81. The Labute approximate surface area is 117 Å². The lowest BCUT2D eigenvalue weighted by atomic mass is 10.3. The van der Waals surface area contributed by atoms with Gasteiger partial charge in [-0.05, 0) is 25.5 Å². The zero-order chi connectivity index (χ0) is 14.4. The Morgan fingerprint density at radius 2 is 2.10 bits per heavy atom. The molecule has 106 valence electrons. The molecule has 0 saturated heterocycles. The van der Waals surface area contributed by atoms with Crippen molar-refractivity contribution in [2.45, 2.75) is 13.3 Å². The van der Waals surface area contributed by atoms with Crippen LogP contribution in [0, 0.1) is 0 Å². The Hall–Kier alpha value is -2.21. The Morgan fingerprint density at radius 1 is 1.35 bits per heavy atom. The van der Waals surface area contributed by atoms with Gasteiger partial charge in [0.25, 0.3) is 5.91 Å². The topological polar surface area (TPSA) is 71.2 Å². The maximum Gasteiger partial charge on any atom is 0.276 e. The maximum absolute atomic E-state index is 12.3. The van der Waals surface area contributed by atoms with Crippen molar-refractivity contribution in [3.05, 3.63) is 42.2 Å². The first-order chi connectivity index (χ1) is 9.76. The molecule has 0 aliphatic carbocycles. The van der Waals surface area contributed by atoms with Gasteiger partial charge in [0, 0.05) is 19.7 Å². The average Bonchev–Trinajstić information content (AvgIpc) is 2.98. The van der Waals surface area contributed by atoms with Crippen molar-refractivity contribution in [3.8, 4) is 5.69 Å². The SMILES string of the molecule is CCN(CCCO)C(=O)c1cn(-c2ccccc2)nn1. The van der Waals surface area contributed by atoms with Gasteiger partial charge in [-0.15, -0.1) is 5.10 Å². The average molecular weight is 274 g/mol. The van der Waals surface area contributed by atoms with Crippen LogP contribution in [0.15, 0.2) is 36.5 Å². The fourth-order valence-corrected chi connectivity index (χ4v) is 1.90. The van der Waals surface area contributed by atoms with Crippen molar-refractivity contribution in [3.63, 3.8) is 0 Å². The minimum absolute atomic E-state index is 0.0699. The molecule has 1 aromatic heterocycles. The molecule has 1 aromatic carbocycles. The minimum atomic E-state index is -0.164. The summed E-state index contributed by atoms with van der Waals surface area (Å²) in [5, 5.41) is 16.7. The molecule has 2 aromatic rings. The van der Waals surface area contributed by atoms with Gasteiger partial charge in [-0.1, -0.05) is 23.4 Å². The lowest BCUT2D eigenvalue weighted by molar-refractivity contribution is 0.0748. The quantitative estimate of drug-likeness (QED) is 0.856. The van der Waals surface area contributed by atoms with Gasteiger partial charge in [0.05, 0.1) is 11.9 Å². The van der Waals surface area contributed by atoms with E-state index in [-0.39, 0.29) is 12.5 Å². The van der Waals surface area contributed by atoms with E-state index >= 15 is 0 Å². The van der Waals surface area contributed by atoms with E-state index < -0.39 is 0 Å². The number of aliphatic hydroxyl groups is 1. The smallest absolute Gasteiger partial charge is 0.276 e. The standard InChI is InChI=1S/C14H18N4O2/c1-2-17(9-6-10-19)14(20)13-11-18(16-15-13)12-7-4-3-5-8-12/h3-5,7-8,11,19H,2,6,9-10H2,1H3. The number of para-hydroxylation sites is 1. The van der Waals surface area contributed by atoms with E-state index in [2.05, 4.69) is 10.3 Å². The number of nitrogens with zero attached hydrogens (tertiary/aromatic N) is 4. The van der Waals surface area contributed by atoms with Crippen LogP contribution >= 0.6 is 0 Å². The number of aliphatic hydroxyl groups excluding tert-OH is 1. The number of aromatic nitrogens is 3. The first-order valence-corrected chi connectivity index (χ1v) is 6.64. The van der Waals surface area contributed by atoms with E-state index in [4.69, 9.17) is 5.11 Å². The number of carbonyl (C=O) groups excluding carboxylic acids is 1. The molecule has 6 nitrogen and oxygen atoms in total. The Bertz CT molecular complexity index is 553. The molecule has 6 heteroatoms. The van der Waals surface area contributed by atoms with Crippen molar-refractivity contribution >= 4 is 5.91 Å². The van der Waals surface area contributed by atoms with Crippen molar-refractivity contribution in [2.24, 2.45) is 0 Å². The number of hydrogen-bond acceptors (Lipinski definition) is 4. The zero-order valence-corrected chi connectivity index (χ0v) is 11.4. The summed E-state index contributed by atoms with van der Waals surface area (Å²) >= 11 is 0. The van der Waals surface area contributed by atoms with Crippen LogP contribution in [-0.4, -0.2) is 50.6 Å². The fourth-order valence-electron chi connectivity index (χ4n) is 1.90. The normalized spacial score (nSPS) is 10.5. The Balaban J connectivity index is 2.13. The summed E-state index contributed by atoms with van der Waals surface area (Å²) in [6.45, 7) is 3.07. The summed E-state index contributed by atoms with van der Waals surface area (Å²) in [5.41, 5.74) is 1.17. The summed E-state index contributed by atoms with van der Waals surface area (Å²) in [6.07, 6.45) is 2.19. The van der Waals surface area contributed by atoms with E-state index in [1.165, 1.54) is 0 Å². The minimum Gasteiger partial charge on any atom is -0.396 e. The van der Waals surface area contributed by atoms with Gasteiger partial charge >= 0.3 is 0 Å². The van der Waals surface area contributed by atoms with Crippen LogP contribution in [0.2, 0.25) is 0 Å². The molecule has 0 spiro atoms. The van der Waals surface area contributed by atoms with Gasteiger partial charge in [0.15, 0.2) is 5.69 Å². The predicted octanol–water partition coefficient (Wildman–Crippen LogP) is 1.11. The number of benzene rings is 1. The highest BCUT2D eigenvalue weighted by Crippen LogP contribution is 2.08. The number of amides is 1. The van der Waals surface area contributed by atoms with Crippen LogP contribution in [0.4, 0.5) is 0 Å². The van der Waals surface area contributed by atoms with Gasteiger partial charge in [0.2, 0.25) is 0 Å². The maximum atomic E-state index is 12.3. The van der Waals surface area contributed by atoms with Crippen LogP contribution in [0.1, 0.15) is 23.8 Å². The molecule has 0 unspecified atom stereocenters. The van der Waals surface area contributed by atoms with Crippen molar-refractivity contribution < 1.29 is 9.90 Å². The molecule has 0 saturated carbocycles. The summed E-state index contributed by atoms with van der Waals surface area (Å²) in [7, 11) is 0. The van der Waals surface area contributed by atoms with Crippen LogP contribution in [0.25, 0.3) is 5.69 Å². The Kier molecular flexibility index (Phi) is 4.84. The van der Waals surface area contributed by atoms with Gasteiger partial charge in [-0.3, -0.25) is 4.79 Å². The molecular formula is C14H18N4O2. The first kappa shape index (κ1) is 14.2. The van der Waals surface area contributed by atoms with Gasteiger partial charge in [-0.2, -0.15) is 0 Å². The largest absolute Gasteiger partial charge is 0.396 e. The van der Waals surface area contributed by atoms with Crippen molar-refractivity contribution in [1.82, 2.24) is 19.9 Å². The second-order valence-corrected chi connectivity index (χ2v) is 4.35. The van der Waals surface area contributed by atoms with Gasteiger partial charge in [-0.25, -0.2) is 4.68 Å². The molecule has 1 amide bonds. The van der Waals surface area contributed by atoms with Crippen molar-refractivity contribution in [1.29, 1.82) is 0 Å². The third kappa shape index (κ3) is 3.21. The first-order valence-electron chi connectivity index (χ1n) is 6.64. The highest BCUT2D eigenvalue weighted by Gasteiger charge is 2.17. The van der Waals surface area contributed by atoms with Gasteiger partial charge < -0.3 is 10.0 Å². The van der Waals surface area contributed by atoms with Crippen LogP contribution in [0.3, 0.4) is 0 Å². The molecule has 1 N–H and O–H groups in total. The lowest BCUT2D eigenvalue weighted by Gasteiger charge is -2.18. The molecule has 20 heavy (non-hydrogen) atoms. The van der Waals surface area contributed by atoms with E-state index in [1.54, 1.807) is 15.8 Å². The van der Waals surface area contributed by atoms with Crippen LogP contribution in [-0.2, 0) is 0 Å². The molecule has 0 aliphatic rings. The van der Waals surface area contributed by atoms with Gasteiger partial charge in [0.1, 0.15) is 0 Å². The monoisotopic (exact) mass is 274 g/mol. The summed E-state index contributed by atoms with van der Waals surface area (Å²) in [5.74, 6) is -0.164. The van der Waals surface area contributed by atoms with Crippen LogP contribution < -0.4 is 0 Å². The second-order valence-electron chi connectivity index (χ2n) is 4.35. The number of carbonyl (C=O) groups is 1. The molecule has 0 bridgehead atoms. The predicted molar refractivity (Wildman–Crippen MR) is 74.6 cm³/mol. The van der Waals surface area contributed by atoms with Crippen molar-refractivity contribution in [2.75, 3.05) is 19.7 Å². The van der Waals surface area contributed by atoms with E-state index in [0.717, 1.165) is 5.69 Å².